The second kappa shape index (κ2) is 15.2. The molecule has 0 bridgehead atoms. The second-order valence-corrected chi connectivity index (χ2v) is 16.5. The van der Waals surface area contributed by atoms with Crippen LogP contribution in [0.25, 0.3) is 33.2 Å². The van der Waals surface area contributed by atoms with Gasteiger partial charge in [0.1, 0.15) is 12.0 Å². The molecule has 3 aromatic heterocycles. The monoisotopic (exact) mass is 767 g/mol. The van der Waals surface area contributed by atoms with E-state index in [0.717, 1.165) is 94.6 Å². The number of rotatable bonds is 9. The highest BCUT2D eigenvalue weighted by molar-refractivity contribution is 6.12. The van der Waals surface area contributed by atoms with Crippen LogP contribution in [-0.2, 0) is 21.4 Å². The summed E-state index contributed by atoms with van der Waals surface area (Å²) in [6, 6.07) is 18.9. The van der Waals surface area contributed by atoms with Crippen molar-refractivity contribution in [3.8, 4) is 11.3 Å². The third-order valence-electron chi connectivity index (χ3n) is 11.4. The summed E-state index contributed by atoms with van der Waals surface area (Å²) in [6.07, 6.45) is 3.50. The first-order valence-corrected chi connectivity index (χ1v) is 19.7. The summed E-state index contributed by atoms with van der Waals surface area (Å²) < 4.78 is 5.25. The lowest BCUT2D eigenvalue weighted by Crippen LogP contribution is -2.47. The molecule has 57 heavy (non-hydrogen) atoms. The first-order valence-electron chi connectivity index (χ1n) is 19.7. The van der Waals surface area contributed by atoms with Gasteiger partial charge < -0.3 is 19.7 Å². The number of amides is 3. The van der Waals surface area contributed by atoms with Crippen LogP contribution < -0.4 is 15.5 Å². The number of piperazine rings is 1. The van der Waals surface area contributed by atoms with Crippen molar-refractivity contribution in [2.45, 2.75) is 78.2 Å². The molecule has 3 aromatic carbocycles. The van der Waals surface area contributed by atoms with Crippen LogP contribution in [0.15, 0.2) is 65.4 Å². The third-order valence-corrected chi connectivity index (χ3v) is 11.4. The number of hydrogen-bond acceptors (Lipinski definition) is 10. The summed E-state index contributed by atoms with van der Waals surface area (Å²) in [4.78, 5) is 59.1. The van der Waals surface area contributed by atoms with Crippen LogP contribution >= 0.6 is 0 Å². The molecule has 3 amide bonds. The Kier molecular flexibility index (Phi) is 10.1. The highest BCUT2D eigenvalue weighted by Crippen LogP contribution is 2.35. The normalized spacial score (nSPS) is 17.3. The fourth-order valence-corrected chi connectivity index (χ4v) is 8.19. The topological polar surface area (TPSA) is 162 Å². The first-order chi connectivity index (χ1) is 27.3. The zero-order valence-electron chi connectivity index (χ0n) is 33.4. The van der Waals surface area contributed by atoms with E-state index in [1.54, 1.807) is 6.33 Å². The number of aromatic nitrogens is 5. The smallest absolute Gasteiger partial charge is 0.315 e. The molecule has 2 aliphatic heterocycles. The van der Waals surface area contributed by atoms with E-state index in [0.29, 0.717) is 18.7 Å². The molecule has 0 saturated carbocycles. The Hall–Kier alpha value is -5.95. The van der Waals surface area contributed by atoms with Gasteiger partial charge in [0.05, 0.1) is 23.0 Å². The number of fused-ring (bicyclic) bond motifs is 3. The molecule has 0 aliphatic carbocycles. The highest BCUT2D eigenvalue weighted by Gasteiger charge is 2.29. The summed E-state index contributed by atoms with van der Waals surface area (Å²) >= 11 is 0. The van der Waals surface area contributed by atoms with Crippen molar-refractivity contribution in [1.29, 1.82) is 0 Å². The minimum atomic E-state index is -0.408. The molecule has 13 nitrogen and oxygen atoms in total. The van der Waals surface area contributed by atoms with Crippen LogP contribution in [0.3, 0.4) is 0 Å². The Labute approximate surface area is 331 Å². The molecule has 2 atom stereocenters. The SMILES string of the molecule is Cc1cc(CCN2CCN(c3ccc4c(c3)[nH]c3ncnc(-c5ccc([C@@H](C)NC(=O)c6nc(C(C)(C)C)no6)c(C)c5)c34)CC2)ccc1C1CCC(=O)NC1=O. The molecule has 0 spiro atoms. The number of H-pyrrole nitrogens is 1. The highest BCUT2D eigenvalue weighted by atomic mass is 16.5. The van der Waals surface area contributed by atoms with Gasteiger partial charge >= 0.3 is 11.8 Å². The Morgan fingerprint density at radius 2 is 1.79 bits per heavy atom. The van der Waals surface area contributed by atoms with Gasteiger partial charge in [-0.05, 0) is 79.6 Å². The van der Waals surface area contributed by atoms with Crippen molar-refractivity contribution >= 4 is 45.3 Å². The Morgan fingerprint density at radius 1 is 0.982 bits per heavy atom. The number of nitrogens with one attached hydrogen (secondary N) is 3. The van der Waals surface area contributed by atoms with Crippen LogP contribution in [0.2, 0.25) is 0 Å². The fourth-order valence-electron chi connectivity index (χ4n) is 8.19. The molecule has 13 heteroatoms. The van der Waals surface area contributed by atoms with E-state index < -0.39 is 5.91 Å². The maximum Gasteiger partial charge on any atom is 0.315 e. The Bertz CT molecular complexity index is 2510. The quantitative estimate of drug-likeness (QED) is 0.139. The van der Waals surface area contributed by atoms with Crippen LogP contribution in [0.1, 0.15) is 96.8 Å². The lowest BCUT2D eigenvalue weighted by Gasteiger charge is -2.36. The zero-order valence-corrected chi connectivity index (χ0v) is 33.4. The van der Waals surface area contributed by atoms with Gasteiger partial charge in [0, 0.05) is 66.7 Å². The molecule has 2 aliphatic rings. The average Bonchev–Trinajstić information content (AvgIpc) is 3.84. The molecule has 294 valence electrons. The van der Waals surface area contributed by atoms with Crippen molar-refractivity contribution in [2.75, 3.05) is 37.6 Å². The van der Waals surface area contributed by atoms with Crippen LogP contribution in [0, 0.1) is 13.8 Å². The van der Waals surface area contributed by atoms with E-state index in [-0.39, 0.29) is 35.1 Å². The number of anilines is 1. The van der Waals surface area contributed by atoms with Gasteiger partial charge in [0.25, 0.3) is 0 Å². The average molecular weight is 768 g/mol. The van der Waals surface area contributed by atoms with Crippen LogP contribution in [-0.4, -0.2) is 80.4 Å². The minimum absolute atomic E-state index is 0.0474. The van der Waals surface area contributed by atoms with Gasteiger partial charge in [0.15, 0.2) is 5.82 Å². The summed E-state index contributed by atoms with van der Waals surface area (Å²) in [5.41, 5.74) is 9.86. The van der Waals surface area contributed by atoms with Crippen molar-refractivity contribution in [3.63, 3.8) is 0 Å². The summed E-state index contributed by atoms with van der Waals surface area (Å²) in [5, 5.41) is 11.5. The summed E-state index contributed by atoms with van der Waals surface area (Å²) in [5.74, 6) is -0.592. The number of carbonyl (C=O) groups is 3. The largest absolute Gasteiger partial charge is 0.369 e. The number of imide groups is 1. The zero-order chi connectivity index (χ0) is 40.0. The maximum atomic E-state index is 12.9. The van der Waals surface area contributed by atoms with E-state index in [1.165, 1.54) is 11.3 Å². The number of nitrogens with zero attached hydrogens (tertiary/aromatic N) is 6. The van der Waals surface area contributed by atoms with Gasteiger partial charge in [-0.3, -0.25) is 24.6 Å². The van der Waals surface area contributed by atoms with E-state index >= 15 is 0 Å². The molecule has 2 saturated heterocycles. The van der Waals surface area contributed by atoms with Crippen LogP contribution in [0.4, 0.5) is 5.69 Å². The standard InChI is InChI=1S/C44H49N9O4/c1-25-21-28(7-10-32(25)33-13-14-36(54)49-40(33)55)15-16-52-17-19-53(20-18-52)30-9-12-34-35(23-30)48-39-37(34)38(45-24-46-39)29-8-11-31(26(2)22-29)27(3)47-41(56)42-50-43(51-57-42)44(4,5)6/h7-12,21-24,27,33H,13-20H2,1-6H3,(H,47,56)(H,45,46,48)(H,49,54,55)/t27-,33?/m1/s1. The van der Waals surface area contributed by atoms with Crippen molar-refractivity contribution in [3.05, 3.63) is 100 Å². The van der Waals surface area contributed by atoms with Crippen LogP contribution in [0.5, 0.6) is 0 Å². The van der Waals surface area contributed by atoms with E-state index in [1.807, 2.05) is 46.8 Å². The molecule has 3 N–H and O–H groups in total. The lowest BCUT2D eigenvalue weighted by atomic mass is 9.87. The fraction of sp³-hybridized carbons (Fsp3) is 0.386. The predicted octanol–water partition coefficient (Wildman–Crippen LogP) is 6.45. The molecular formula is C44H49N9O4. The van der Waals surface area contributed by atoms with Gasteiger partial charge in [-0.2, -0.15) is 4.98 Å². The lowest BCUT2D eigenvalue weighted by molar-refractivity contribution is -0.134. The van der Waals surface area contributed by atoms with Gasteiger partial charge in [0.2, 0.25) is 11.8 Å². The number of aryl methyl sites for hydroxylation is 2. The van der Waals surface area contributed by atoms with Gasteiger partial charge in [-0.1, -0.05) is 62.3 Å². The third kappa shape index (κ3) is 7.76. The summed E-state index contributed by atoms with van der Waals surface area (Å²) in [6.45, 7) is 16.7. The molecule has 1 unspecified atom stereocenters. The summed E-state index contributed by atoms with van der Waals surface area (Å²) in [7, 11) is 0. The van der Waals surface area contributed by atoms with Gasteiger partial charge in [-0.15, -0.1) is 0 Å². The molecular weight excluding hydrogens is 719 g/mol. The van der Waals surface area contributed by atoms with E-state index in [2.05, 4.69) is 89.9 Å². The van der Waals surface area contributed by atoms with Crippen molar-refractivity contribution in [1.82, 2.24) is 40.6 Å². The Morgan fingerprint density at radius 3 is 2.51 bits per heavy atom. The Balaban J connectivity index is 0.911. The van der Waals surface area contributed by atoms with Crippen molar-refractivity contribution < 1.29 is 18.9 Å². The minimum Gasteiger partial charge on any atom is -0.369 e. The van der Waals surface area contributed by atoms with Crippen molar-refractivity contribution in [2.24, 2.45) is 0 Å². The first kappa shape index (κ1) is 37.9. The number of piperidine rings is 1. The molecule has 8 rings (SSSR count). The molecule has 6 aromatic rings. The molecule has 2 fully saturated rings. The maximum absolute atomic E-state index is 12.9. The number of hydrogen-bond donors (Lipinski definition) is 3. The number of carbonyl (C=O) groups excluding carboxylic acids is 3. The molecule has 5 heterocycles. The predicted molar refractivity (Wildman–Crippen MR) is 219 cm³/mol. The van der Waals surface area contributed by atoms with Gasteiger partial charge in [-0.25, -0.2) is 9.97 Å². The number of benzene rings is 3. The van der Waals surface area contributed by atoms with E-state index in [9.17, 15) is 14.4 Å². The second-order valence-electron chi connectivity index (χ2n) is 16.5. The van der Waals surface area contributed by atoms with E-state index in [4.69, 9.17) is 9.51 Å². The number of aromatic amines is 1. The molecule has 0 radical (unpaired) electrons.